The van der Waals surface area contributed by atoms with Gasteiger partial charge in [-0.05, 0) is 31.2 Å². The molecule has 0 saturated carbocycles. The number of piperazine rings is 1. The topological polar surface area (TPSA) is 78.9 Å². The summed E-state index contributed by atoms with van der Waals surface area (Å²) in [7, 11) is 1.61. The van der Waals surface area contributed by atoms with Crippen LogP contribution in [0, 0.1) is 12.8 Å². The highest BCUT2D eigenvalue weighted by molar-refractivity contribution is 7.15. The zero-order valence-electron chi connectivity index (χ0n) is 16.0. The predicted octanol–water partition coefficient (Wildman–Crippen LogP) is 1.56. The van der Waals surface area contributed by atoms with Gasteiger partial charge in [0.1, 0.15) is 10.8 Å². The summed E-state index contributed by atoms with van der Waals surface area (Å²) in [4.78, 5) is 31.2. The molecule has 148 valence electrons. The molecule has 8 nitrogen and oxygen atoms in total. The van der Waals surface area contributed by atoms with Crippen LogP contribution in [0.25, 0.3) is 0 Å². The number of carbonyl (C=O) groups excluding carboxylic acids is 2. The highest BCUT2D eigenvalue weighted by Crippen LogP contribution is 2.28. The lowest BCUT2D eigenvalue weighted by atomic mass is 10.1. The molecule has 9 heteroatoms. The summed E-state index contributed by atoms with van der Waals surface area (Å²) in [6, 6.07) is 7.36. The summed E-state index contributed by atoms with van der Waals surface area (Å²) in [6.07, 6.45) is 0.265. The summed E-state index contributed by atoms with van der Waals surface area (Å²) in [5.41, 5.74) is 0.803. The van der Waals surface area contributed by atoms with Crippen LogP contribution in [0.1, 0.15) is 11.4 Å². The molecule has 2 aromatic rings. The highest BCUT2D eigenvalue weighted by Gasteiger charge is 2.38. The lowest BCUT2D eigenvalue weighted by Gasteiger charge is -2.35. The SMILES string of the molecule is COc1ccc(N2CC(C(=O)N3CCN(c4nnc(C)s4)CC3)CC2=O)cc1. The van der Waals surface area contributed by atoms with Crippen molar-refractivity contribution < 1.29 is 14.3 Å². The van der Waals surface area contributed by atoms with Gasteiger partial charge in [-0.15, -0.1) is 10.2 Å². The molecule has 2 aliphatic heterocycles. The van der Waals surface area contributed by atoms with Crippen LogP contribution in [0.4, 0.5) is 10.8 Å². The fraction of sp³-hybridized carbons (Fsp3) is 0.474. The number of rotatable bonds is 4. The van der Waals surface area contributed by atoms with Crippen molar-refractivity contribution in [2.45, 2.75) is 13.3 Å². The number of hydrogen-bond acceptors (Lipinski definition) is 7. The van der Waals surface area contributed by atoms with Crippen LogP contribution in [0.15, 0.2) is 24.3 Å². The maximum atomic E-state index is 13.0. The summed E-state index contributed by atoms with van der Waals surface area (Å²) in [5.74, 6) is 0.514. The van der Waals surface area contributed by atoms with Gasteiger partial charge in [0, 0.05) is 44.8 Å². The molecule has 1 aromatic heterocycles. The lowest BCUT2D eigenvalue weighted by Crippen LogP contribution is -2.50. The third kappa shape index (κ3) is 3.66. The van der Waals surface area contributed by atoms with E-state index in [1.165, 1.54) is 0 Å². The first kappa shape index (κ1) is 18.7. The number of nitrogens with zero attached hydrogens (tertiary/aromatic N) is 5. The van der Waals surface area contributed by atoms with Crippen LogP contribution in [0.3, 0.4) is 0 Å². The van der Waals surface area contributed by atoms with E-state index in [9.17, 15) is 9.59 Å². The van der Waals surface area contributed by atoms with E-state index >= 15 is 0 Å². The van der Waals surface area contributed by atoms with Crippen molar-refractivity contribution in [2.24, 2.45) is 5.92 Å². The Balaban J connectivity index is 1.36. The number of ether oxygens (including phenoxy) is 1. The Kier molecular flexibility index (Phi) is 5.17. The third-order valence-electron chi connectivity index (χ3n) is 5.24. The highest BCUT2D eigenvalue weighted by atomic mass is 32.1. The molecule has 1 aromatic carbocycles. The summed E-state index contributed by atoms with van der Waals surface area (Å²) < 4.78 is 5.16. The van der Waals surface area contributed by atoms with Gasteiger partial charge in [-0.25, -0.2) is 0 Å². The molecule has 28 heavy (non-hydrogen) atoms. The second kappa shape index (κ2) is 7.75. The van der Waals surface area contributed by atoms with Gasteiger partial charge in [0.05, 0.1) is 13.0 Å². The zero-order valence-corrected chi connectivity index (χ0v) is 16.8. The van der Waals surface area contributed by atoms with Gasteiger partial charge in [0.15, 0.2) is 0 Å². The first-order valence-electron chi connectivity index (χ1n) is 9.33. The number of benzene rings is 1. The smallest absolute Gasteiger partial charge is 0.228 e. The molecule has 0 aliphatic carbocycles. The second-order valence-corrected chi connectivity index (χ2v) is 8.18. The number of methoxy groups -OCH3 is 1. The van der Waals surface area contributed by atoms with Crippen LogP contribution in [0.2, 0.25) is 0 Å². The average molecular weight is 401 g/mol. The Hall–Kier alpha value is -2.68. The average Bonchev–Trinajstić information content (AvgIpc) is 3.33. The predicted molar refractivity (Wildman–Crippen MR) is 107 cm³/mol. The Morgan fingerprint density at radius 3 is 2.46 bits per heavy atom. The van der Waals surface area contributed by atoms with Crippen LogP contribution in [-0.2, 0) is 9.59 Å². The number of aryl methyl sites for hydroxylation is 1. The maximum absolute atomic E-state index is 13.0. The Morgan fingerprint density at radius 1 is 1.14 bits per heavy atom. The Bertz CT molecular complexity index is 861. The van der Waals surface area contributed by atoms with Gasteiger partial charge in [-0.3, -0.25) is 9.59 Å². The van der Waals surface area contributed by atoms with Gasteiger partial charge in [0.2, 0.25) is 16.9 Å². The van der Waals surface area contributed by atoms with Gasteiger partial charge in [0.25, 0.3) is 0 Å². The molecule has 1 unspecified atom stereocenters. The monoisotopic (exact) mass is 401 g/mol. The summed E-state index contributed by atoms with van der Waals surface area (Å²) in [5, 5.41) is 10.1. The van der Waals surface area contributed by atoms with Crippen molar-refractivity contribution in [3.63, 3.8) is 0 Å². The number of carbonyl (C=O) groups is 2. The van der Waals surface area contributed by atoms with Crippen molar-refractivity contribution in [3.8, 4) is 5.75 Å². The summed E-state index contributed by atoms with van der Waals surface area (Å²) >= 11 is 1.57. The molecule has 0 spiro atoms. The van der Waals surface area contributed by atoms with Crippen molar-refractivity contribution >= 4 is 34.0 Å². The van der Waals surface area contributed by atoms with Crippen LogP contribution < -0.4 is 14.5 Å². The molecular formula is C19H23N5O3S. The van der Waals surface area contributed by atoms with E-state index in [2.05, 4.69) is 15.1 Å². The van der Waals surface area contributed by atoms with E-state index in [0.717, 1.165) is 34.7 Å². The number of anilines is 2. The maximum Gasteiger partial charge on any atom is 0.228 e. The normalized spacial score (nSPS) is 20.0. The molecule has 2 saturated heterocycles. The van der Waals surface area contributed by atoms with Gasteiger partial charge < -0.3 is 19.4 Å². The number of aromatic nitrogens is 2. The number of hydrogen-bond donors (Lipinski definition) is 0. The van der Waals surface area contributed by atoms with E-state index in [4.69, 9.17) is 4.74 Å². The van der Waals surface area contributed by atoms with Crippen molar-refractivity contribution in [2.75, 3.05) is 49.6 Å². The van der Waals surface area contributed by atoms with E-state index in [-0.39, 0.29) is 24.2 Å². The fourth-order valence-electron chi connectivity index (χ4n) is 3.67. The van der Waals surface area contributed by atoms with Crippen molar-refractivity contribution in [3.05, 3.63) is 29.3 Å². The quantitative estimate of drug-likeness (QED) is 0.774. The fourth-order valence-corrected chi connectivity index (χ4v) is 4.41. The van der Waals surface area contributed by atoms with E-state index in [1.54, 1.807) is 23.3 Å². The van der Waals surface area contributed by atoms with E-state index < -0.39 is 0 Å². The first-order chi connectivity index (χ1) is 13.5. The van der Waals surface area contributed by atoms with Gasteiger partial charge in [-0.1, -0.05) is 11.3 Å². The molecule has 2 amide bonds. The second-order valence-electron chi connectivity index (χ2n) is 7.02. The minimum absolute atomic E-state index is 0.00788. The summed E-state index contributed by atoms with van der Waals surface area (Å²) in [6.45, 7) is 5.13. The van der Waals surface area contributed by atoms with Crippen LogP contribution in [-0.4, -0.2) is 66.7 Å². The van der Waals surface area contributed by atoms with E-state index in [1.807, 2.05) is 36.1 Å². The molecule has 4 rings (SSSR count). The molecule has 2 aliphatic rings. The van der Waals surface area contributed by atoms with Gasteiger partial charge in [-0.2, -0.15) is 0 Å². The molecule has 1 atom stereocenters. The molecule has 0 bridgehead atoms. The zero-order chi connectivity index (χ0) is 19.7. The molecule has 0 radical (unpaired) electrons. The largest absolute Gasteiger partial charge is 0.497 e. The lowest BCUT2D eigenvalue weighted by molar-refractivity contribution is -0.136. The Labute approximate surface area is 167 Å². The minimum Gasteiger partial charge on any atom is -0.497 e. The van der Waals surface area contributed by atoms with Crippen molar-refractivity contribution in [1.82, 2.24) is 15.1 Å². The van der Waals surface area contributed by atoms with Gasteiger partial charge >= 0.3 is 0 Å². The van der Waals surface area contributed by atoms with E-state index in [0.29, 0.717) is 19.6 Å². The Morgan fingerprint density at radius 2 is 1.86 bits per heavy atom. The van der Waals surface area contributed by atoms with Crippen molar-refractivity contribution in [1.29, 1.82) is 0 Å². The van der Waals surface area contributed by atoms with Crippen LogP contribution in [0.5, 0.6) is 5.75 Å². The molecule has 3 heterocycles. The minimum atomic E-state index is -0.287. The standard InChI is InChI=1S/C19H23N5O3S/c1-13-20-21-19(28-13)23-9-7-22(8-10-23)18(26)14-11-17(25)24(12-14)15-3-5-16(27-2)6-4-15/h3-6,14H,7-12H2,1-2H3. The third-order valence-corrected chi connectivity index (χ3v) is 6.14. The molecule has 0 N–H and O–H groups in total. The molecule has 2 fully saturated rings. The molecular weight excluding hydrogens is 378 g/mol. The van der Waals surface area contributed by atoms with Crippen LogP contribution >= 0.6 is 11.3 Å². The number of amides is 2. The first-order valence-corrected chi connectivity index (χ1v) is 10.1.